The second-order valence-electron chi connectivity index (χ2n) is 5.84. The van der Waals surface area contributed by atoms with E-state index in [1.807, 2.05) is 32.0 Å². The molecule has 1 N–H and O–H groups in total. The molecule has 1 heterocycles. The lowest BCUT2D eigenvalue weighted by Crippen LogP contribution is -2.06. The van der Waals surface area contributed by atoms with E-state index in [0.717, 1.165) is 35.6 Å². The van der Waals surface area contributed by atoms with Crippen molar-refractivity contribution in [2.75, 3.05) is 0 Å². The number of hydrogen-bond acceptors (Lipinski definition) is 3. The van der Waals surface area contributed by atoms with Crippen LogP contribution in [0.3, 0.4) is 0 Å². The monoisotopic (exact) mass is 276 g/mol. The van der Waals surface area contributed by atoms with Crippen LogP contribution in [0, 0.1) is 5.92 Å². The Balaban J connectivity index is 2.36. The maximum atomic E-state index is 9.48. The maximum Gasteiger partial charge on any atom is 0.135 e. The molecule has 0 bridgehead atoms. The third-order valence-corrected chi connectivity index (χ3v) is 3.24. The van der Waals surface area contributed by atoms with Crippen molar-refractivity contribution in [1.29, 1.82) is 0 Å². The molecule has 110 valence electrons. The summed E-state index contributed by atoms with van der Waals surface area (Å²) in [5, 5.41) is 9.48. The lowest BCUT2D eigenvalue weighted by molar-refractivity contribution is 0.242. The Morgan fingerprint density at radius 1 is 1.25 bits per heavy atom. The topological polar surface area (TPSA) is 47.3 Å². The number of aliphatic hydroxyl groups is 1. The molecule has 0 aliphatic carbocycles. The molecular weight excluding hydrogens is 252 g/mol. The van der Waals surface area contributed by atoms with Gasteiger partial charge in [-0.2, -0.15) is 0 Å². The molecule has 2 rings (SSSR count). The van der Waals surface area contributed by atoms with Crippen molar-refractivity contribution in [3.63, 3.8) is 0 Å². The Labute approximate surface area is 120 Å². The zero-order valence-electron chi connectivity index (χ0n) is 12.8. The van der Waals surface area contributed by atoms with Crippen LogP contribution in [-0.4, -0.2) is 20.8 Å². The lowest BCUT2D eigenvalue weighted by atomic mass is 10.1. The SMILES string of the molecule is CC(C)CCn1c(CO)nc2cc(OC(C)C)ccc21. The highest BCUT2D eigenvalue weighted by molar-refractivity contribution is 5.77. The molecule has 0 fully saturated rings. The van der Waals surface area contributed by atoms with Gasteiger partial charge in [0.25, 0.3) is 0 Å². The molecule has 2 aromatic rings. The van der Waals surface area contributed by atoms with Crippen LogP contribution in [0.2, 0.25) is 0 Å². The van der Waals surface area contributed by atoms with E-state index in [1.165, 1.54) is 0 Å². The fourth-order valence-electron chi connectivity index (χ4n) is 2.26. The van der Waals surface area contributed by atoms with Crippen LogP contribution in [0.25, 0.3) is 11.0 Å². The highest BCUT2D eigenvalue weighted by Crippen LogP contribution is 2.23. The van der Waals surface area contributed by atoms with Crippen LogP contribution in [-0.2, 0) is 13.2 Å². The van der Waals surface area contributed by atoms with Gasteiger partial charge in [-0.25, -0.2) is 4.98 Å². The van der Waals surface area contributed by atoms with Crippen LogP contribution in [0.4, 0.5) is 0 Å². The Morgan fingerprint density at radius 2 is 2.00 bits per heavy atom. The number of hydrogen-bond donors (Lipinski definition) is 1. The summed E-state index contributed by atoms with van der Waals surface area (Å²) >= 11 is 0. The van der Waals surface area contributed by atoms with Gasteiger partial charge in [-0.05, 0) is 38.3 Å². The standard InChI is InChI=1S/C16H24N2O2/c1-11(2)7-8-18-15-6-5-13(20-12(3)4)9-14(15)17-16(18)10-19/h5-6,9,11-12,19H,7-8,10H2,1-4H3. The molecule has 0 amide bonds. The minimum absolute atomic E-state index is 0.0346. The zero-order chi connectivity index (χ0) is 14.7. The predicted octanol–water partition coefficient (Wildman–Crippen LogP) is 3.36. The molecule has 4 nitrogen and oxygen atoms in total. The van der Waals surface area contributed by atoms with Gasteiger partial charge in [-0.1, -0.05) is 13.8 Å². The molecule has 1 aromatic heterocycles. The van der Waals surface area contributed by atoms with E-state index >= 15 is 0 Å². The first-order chi connectivity index (χ1) is 9.51. The molecule has 0 saturated heterocycles. The summed E-state index contributed by atoms with van der Waals surface area (Å²) in [4.78, 5) is 4.51. The molecule has 0 aliphatic heterocycles. The molecule has 20 heavy (non-hydrogen) atoms. The summed E-state index contributed by atoms with van der Waals surface area (Å²) < 4.78 is 7.80. The van der Waals surface area contributed by atoms with Crippen LogP contribution in [0.1, 0.15) is 39.9 Å². The largest absolute Gasteiger partial charge is 0.491 e. The Kier molecular flexibility index (Phi) is 4.65. The van der Waals surface area contributed by atoms with E-state index in [-0.39, 0.29) is 12.7 Å². The van der Waals surface area contributed by atoms with Crippen molar-refractivity contribution in [1.82, 2.24) is 9.55 Å². The summed E-state index contributed by atoms with van der Waals surface area (Å²) in [6.07, 6.45) is 1.22. The van der Waals surface area contributed by atoms with E-state index in [4.69, 9.17) is 4.74 Å². The average Bonchev–Trinajstić information content (AvgIpc) is 2.72. The van der Waals surface area contributed by atoms with Gasteiger partial charge in [0, 0.05) is 12.6 Å². The second-order valence-corrected chi connectivity index (χ2v) is 5.84. The fourth-order valence-corrected chi connectivity index (χ4v) is 2.26. The average molecular weight is 276 g/mol. The van der Waals surface area contributed by atoms with Crippen molar-refractivity contribution in [3.8, 4) is 5.75 Å². The quantitative estimate of drug-likeness (QED) is 0.880. The molecule has 0 unspecified atom stereocenters. The summed E-state index contributed by atoms with van der Waals surface area (Å²) in [6, 6.07) is 5.94. The van der Waals surface area contributed by atoms with Crippen molar-refractivity contribution >= 4 is 11.0 Å². The van der Waals surface area contributed by atoms with Crippen molar-refractivity contribution in [2.24, 2.45) is 5.92 Å². The third kappa shape index (κ3) is 3.31. The number of aliphatic hydroxyl groups excluding tert-OH is 1. The number of benzene rings is 1. The highest BCUT2D eigenvalue weighted by atomic mass is 16.5. The second kappa shape index (κ2) is 6.27. The van der Waals surface area contributed by atoms with Gasteiger partial charge in [0.1, 0.15) is 18.2 Å². The summed E-state index contributed by atoms with van der Waals surface area (Å²) in [5.74, 6) is 2.18. The summed E-state index contributed by atoms with van der Waals surface area (Å²) in [6.45, 7) is 9.26. The van der Waals surface area contributed by atoms with E-state index in [2.05, 4.69) is 23.4 Å². The van der Waals surface area contributed by atoms with Crippen LogP contribution in [0.5, 0.6) is 5.75 Å². The van der Waals surface area contributed by atoms with E-state index < -0.39 is 0 Å². The first kappa shape index (κ1) is 14.9. The molecule has 4 heteroatoms. The van der Waals surface area contributed by atoms with E-state index in [0.29, 0.717) is 5.92 Å². The molecule has 0 atom stereocenters. The van der Waals surface area contributed by atoms with Gasteiger partial charge < -0.3 is 14.4 Å². The molecule has 0 radical (unpaired) electrons. The van der Waals surface area contributed by atoms with Crippen molar-refractivity contribution in [2.45, 2.75) is 53.4 Å². The number of aromatic nitrogens is 2. The Morgan fingerprint density at radius 3 is 2.60 bits per heavy atom. The van der Waals surface area contributed by atoms with E-state index in [9.17, 15) is 5.11 Å². The molecule has 0 aliphatic rings. The highest BCUT2D eigenvalue weighted by Gasteiger charge is 2.11. The zero-order valence-corrected chi connectivity index (χ0v) is 12.8. The normalized spacial score (nSPS) is 11.8. The Hall–Kier alpha value is -1.55. The summed E-state index contributed by atoms with van der Waals surface area (Å²) in [7, 11) is 0. The third-order valence-electron chi connectivity index (χ3n) is 3.24. The minimum Gasteiger partial charge on any atom is -0.491 e. The first-order valence-corrected chi connectivity index (χ1v) is 7.28. The number of fused-ring (bicyclic) bond motifs is 1. The van der Waals surface area contributed by atoms with Gasteiger partial charge in [-0.15, -0.1) is 0 Å². The summed E-state index contributed by atoms with van der Waals surface area (Å²) in [5.41, 5.74) is 1.95. The van der Waals surface area contributed by atoms with Gasteiger partial charge >= 0.3 is 0 Å². The predicted molar refractivity (Wildman–Crippen MR) is 80.9 cm³/mol. The molecule has 0 saturated carbocycles. The molecular formula is C16H24N2O2. The van der Waals surface area contributed by atoms with Crippen LogP contribution < -0.4 is 4.74 Å². The van der Waals surface area contributed by atoms with Crippen molar-refractivity contribution < 1.29 is 9.84 Å². The molecule has 1 aromatic carbocycles. The first-order valence-electron chi connectivity index (χ1n) is 7.28. The number of nitrogens with zero attached hydrogens (tertiary/aromatic N) is 2. The van der Waals surface area contributed by atoms with E-state index in [1.54, 1.807) is 0 Å². The number of imidazole rings is 1. The van der Waals surface area contributed by atoms with Gasteiger partial charge in [-0.3, -0.25) is 0 Å². The molecule has 0 spiro atoms. The number of aryl methyl sites for hydroxylation is 1. The number of rotatable bonds is 6. The Bertz CT molecular complexity index is 573. The van der Waals surface area contributed by atoms with Crippen molar-refractivity contribution in [3.05, 3.63) is 24.0 Å². The van der Waals surface area contributed by atoms with Crippen LogP contribution >= 0.6 is 0 Å². The van der Waals surface area contributed by atoms with Crippen LogP contribution in [0.15, 0.2) is 18.2 Å². The van der Waals surface area contributed by atoms with Gasteiger partial charge in [0.15, 0.2) is 0 Å². The van der Waals surface area contributed by atoms with Gasteiger partial charge in [0.2, 0.25) is 0 Å². The fraction of sp³-hybridized carbons (Fsp3) is 0.562. The van der Waals surface area contributed by atoms with Gasteiger partial charge in [0.05, 0.1) is 17.1 Å². The lowest BCUT2D eigenvalue weighted by Gasteiger charge is -2.11. The maximum absolute atomic E-state index is 9.48. The number of ether oxygens (including phenoxy) is 1. The minimum atomic E-state index is -0.0346. The smallest absolute Gasteiger partial charge is 0.135 e.